The maximum absolute atomic E-state index is 14.0. The largest absolute Gasteiger partial charge is 0.433 e. The lowest BCUT2D eigenvalue weighted by atomic mass is 9.50. The number of aliphatic hydroxyl groups is 2. The van der Waals surface area contributed by atoms with Crippen LogP contribution in [0.5, 0.6) is 0 Å². The lowest BCUT2D eigenvalue weighted by molar-refractivity contribution is -0.237. The van der Waals surface area contributed by atoms with Crippen LogP contribution in [0.4, 0.5) is 4.79 Å². The molecule has 1 aliphatic heterocycles. The Morgan fingerprint density at radius 1 is 1.34 bits per heavy atom. The van der Waals surface area contributed by atoms with Crippen molar-refractivity contribution in [3.05, 3.63) is 11.1 Å². The minimum Gasteiger partial charge on any atom is -0.433 e. The maximum atomic E-state index is 14.0. The van der Waals surface area contributed by atoms with Crippen LogP contribution < -0.4 is 0 Å². The fourth-order valence-electron chi connectivity index (χ4n) is 6.11. The molecule has 1 amide bonds. The Bertz CT molecular complexity index is 762. The second-order valence-corrected chi connectivity index (χ2v) is 9.96. The van der Waals surface area contributed by atoms with E-state index in [4.69, 9.17) is 9.47 Å². The van der Waals surface area contributed by atoms with Crippen LogP contribution in [-0.2, 0) is 14.3 Å². The highest BCUT2D eigenvalue weighted by atomic mass is 16.6. The number of rotatable bonds is 1. The summed E-state index contributed by atoms with van der Waals surface area (Å²) in [7, 11) is 3.15. The molecule has 1 saturated heterocycles. The summed E-state index contributed by atoms with van der Waals surface area (Å²) in [5, 5.41) is 22.8. The smallest absolute Gasteiger partial charge is 0.410 e. The molecular weight excluding hydrogens is 374 g/mol. The molecule has 6 unspecified atom stereocenters. The first kappa shape index (κ1) is 20.8. The summed E-state index contributed by atoms with van der Waals surface area (Å²) in [4.78, 5) is 27.7. The number of hydrogen-bond acceptors (Lipinski definition) is 6. The lowest BCUT2D eigenvalue weighted by Crippen LogP contribution is -2.67. The Balaban J connectivity index is 1.85. The van der Waals surface area contributed by atoms with Crippen molar-refractivity contribution in [1.29, 1.82) is 0 Å². The molecule has 2 bridgehead atoms. The first-order valence-corrected chi connectivity index (χ1v) is 10.6. The zero-order valence-electron chi connectivity index (χ0n) is 18.0. The molecule has 7 heteroatoms. The van der Waals surface area contributed by atoms with E-state index >= 15 is 0 Å². The summed E-state index contributed by atoms with van der Waals surface area (Å²) in [5.74, 6) is -0.642. The van der Waals surface area contributed by atoms with Gasteiger partial charge >= 0.3 is 6.09 Å². The molecular formula is C22H33NO6. The molecule has 162 valence electrons. The Morgan fingerprint density at radius 2 is 2.03 bits per heavy atom. The van der Waals surface area contributed by atoms with Crippen molar-refractivity contribution in [2.24, 2.45) is 23.2 Å². The summed E-state index contributed by atoms with van der Waals surface area (Å²) >= 11 is 0. The molecule has 3 aliphatic carbocycles. The van der Waals surface area contributed by atoms with E-state index in [1.165, 1.54) is 4.90 Å². The molecule has 2 N–H and O–H groups in total. The number of carbonyl (C=O) groups is 2. The van der Waals surface area contributed by atoms with Crippen molar-refractivity contribution in [3.8, 4) is 0 Å². The molecule has 7 nitrogen and oxygen atoms in total. The Hall–Kier alpha value is -1.44. The van der Waals surface area contributed by atoms with Gasteiger partial charge in [0, 0.05) is 32.4 Å². The van der Waals surface area contributed by atoms with Gasteiger partial charge in [-0.05, 0) is 44.6 Å². The highest BCUT2D eigenvalue weighted by molar-refractivity contribution is 5.94. The molecule has 4 rings (SSSR count). The number of amides is 1. The van der Waals surface area contributed by atoms with Crippen LogP contribution in [-0.4, -0.2) is 71.6 Å². The van der Waals surface area contributed by atoms with Crippen LogP contribution in [0.15, 0.2) is 11.1 Å². The fourth-order valence-corrected chi connectivity index (χ4v) is 6.11. The molecule has 1 heterocycles. The number of Topliss-reactive ketones (excluding diaryl/α,β-unsaturated/α-hetero) is 1. The predicted molar refractivity (Wildman–Crippen MR) is 105 cm³/mol. The summed E-state index contributed by atoms with van der Waals surface area (Å²) in [6, 6.07) is 0. The van der Waals surface area contributed by atoms with E-state index in [2.05, 4.69) is 0 Å². The third-order valence-electron chi connectivity index (χ3n) is 8.32. The molecule has 0 aromatic rings. The van der Waals surface area contributed by atoms with Crippen LogP contribution in [0.25, 0.3) is 0 Å². The molecule has 8 atom stereocenters. The molecule has 0 radical (unpaired) electrons. The Kier molecular flexibility index (Phi) is 4.87. The van der Waals surface area contributed by atoms with Crippen molar-refractivity contribution in [3.63, 3.8) is 0 Å². The SMILES string of the molecule is CC1=C2C(OC(=O)N(C)C)C(=O)C3(C)C(O)CC4OC[C@H]4C3CC(O)(CC1)[C@@H]2C. The molecule has 2 saturated carbocycles. The third kappa shape index (κ3) is 2.88. The Morgan fingerprint density at radius 3 is 2.62 bits per heavy atom. The van der Waals surface area contributed by atoms with E-state index < -0.39 is 29.3 Å². The number of allylic oxidation sites excluding steroid dienone is 1. The first-order valence-electron chi connectivity index (χ1n) is 10.6. The van der Waals surface area contributed by atoms with Gasteiger partial charge in [-0.1, -0.05) is 12.5 Å². The van der Waals surface area contributed by atoms with Gasteiger partial charge in [0.15, 0.2) is 11.9 Å². The average molecular weight is 408 g/mol. The van der Waals surface area contributed by atoms with Crippen molar-refractivity contribution in [2.75, 3.05) is 20.7 Å². The highest BCUT2D eigenvalue weighted by Gasteiger charge is 2.64. The van der Waals surface area contributed by atoms with E-state index in [0.29, 0.717) is 37.9 Å². The normalized spacial score (nSPS) is 46.7. The number of aliphatic hydroxyl groups excluding tert-OH is 1. The average Bonchev–Trinajstić information content (AvgIpc) is 2.64. The Labute approximate surface area is 172 Å². The standard InChI is InChI=1S/C22H33NO6/c1-11-6-7-22(27)9-14-13-10-28-15(13)8-16(24)21(14,3)19(25)18(17(11)12(22)2)29-20(26)23(4)5/h12-16,18,24,27H,6-10H2,1-5H3/t12-,13+,14?,15?,16?,18?,21?,22?/m1/s1. The quantitative estimate of drug-likeness (QED) is 0.645. The van der Waals surface area contributed by atoms with Crippen LogP contribution in [0.1, 0.15) is 46.5 Å². The van der Waals surface area contributed by atoms with E-state index in [0.717, 1.165) is 5.57 Å². The second-order valence-electron chi connectivity index (χ2n) is 9.96. The fraction of sp³-hybridized carbons (Fsp3) is 0.818. The summed E-state index contributed by atoms with van der Waals surface area (Å²) in [6.07, 6.45) is -0.554. The van der Waals surface area contributed by atoms with Crippen LogP contribution in [0.3, 0.4) is 0 Å². The van der Waals surface area contributed by atoms with Gasteiger partial charge < -0.3 is 24.6 Å². The minimum atomic E-state index is -1.10. The van der Waals surface area contributed by atoms with Gasteiger partial charge in [0.05, 0.1) is 29.8 Å². The molecule has 0 aromatic heterocycles. The zero-order valence-corrected chi connectivity index (χ0v) is 18.0. The van der Waals surface area contributed by atoms with Gasteiger partial charge in [-0.25, -0.2) is 4.79 Å². The lowest BCUT2D eigenvalue weighted by Gasteiger charge is -2.60. The summed E-state index contributed by atoms with van der Waals surface area (Å²) in [5.41, 5.74) is -0.400. The van der Waals surface area contributed by atoms with Crippen molar-refractivity contribution in [1.82, 2.24) is 4.90 Å². The first-order chi connectivity index (χ1) is 13.5. The van der Waals surface area contributed by atoms with E-state index in [9.17, 15) is 19.8 Å². The molecule has 29 heavy (non-hydrogen) atoms. The molecule has 3 fully saturated rings. The number of nitrogens with zero attached hydrogens (tertiary/aromatic N) is 1. The second kappa shape index (κ2) is 6.79. The van der Waals surface area contributed by atoms with Gasteiger partial charge in [-0.15, -0.1) is 0 Å². The van der Waals surface area contributed by atoms with Gasteiger partial charge in [-0.3, -0.25) is 4.79 Å². The monoisotopic (exact) mass is 407 g/mol. The van der Waals surface area contributed by atoms with Crippen LogP contribution in [0, 0.1) is 23.2 Å². The van der Waals surface area contributed by atoms with E-state index in [-0.39, 0.29) is 29.6 Å². The van der Waals surface area contributed by atoms with Gasteiger partial charge in [-0.2, -0.15) is 0 Å². The van der Waals surface area contributed by atoms with Crippen LogP contribution >= 0.6 is 0 Å². The van der Waals surface area contributed by atoms with Crippen molar-refractivity contribution >= 4 is 11.9 Å². The van der Waals surface area contributed by atoms with Gasteiger partial charge in [0.25, 0.3) is 0 Å². The maximum Gasteiger partial charge on any atom is 0.410 e. The van der Waals surface area contributed by atoms with Crippen LogP contribution in [0.2, 0.25) is 0 Å². The topological polar surface area (TPSA) is 96.3 Å². The van der Waals surface area contributed by atoms with Crippen molar-refractivity contribution < 1.29 is 29.3 Å². The number of ether oxygens (including phenoxy) is 2. The van der Waals surface area contributed by atoms with Gasteiger partial charge in [0.1, 0.15) is 0 Å². The van der Waals surface area contributed by atoms with Crippen molar-refractivity contribution in [2.45, 2.75) is 70.4 Å². The minimum absolute atomic E-state index is 0.0719. The predicted octanol–water partition coefficient (Wildman–Crippen LogP) is 1.91. The highest BCUT2D eigenvalue weighted by Crippen LogP contribution is 2.58. The number of hydrogen-bond donors (Lipinski definition) is 2. The summed E-state index contributed by atoms with van der Waals surface area (Å²) < 4.78 is 11.4. The van der Waals surface area contributed by atoms with Gasteiger partial charge in [0.2, 0.25) is 0 Å². The molecule has 0 spiro atoms. The van der Waals surface area contributed by atoms with E-state index in [1.54, 1.807) is 21.0 Å². The van der Waals surface area contributed by atoms with E-state index in [1.807, 2.05) is 13.8 Å². The molecule has 0 aromatic carbocycles. The molecule has 4 aliphatic rings. The number of carbonyl (C=O) groups excluding carboxylic acids is 2. The number of ketones is 1. The zero-order chi connectivity index (χ0) is 21.3. The third-order valence-corrected chi connectivity index (χ3v) is 8.32. The number of fused-ring (bicyclic) bond motifs is 5. The summed E-state index contributed by atoms with van der Waals surface area (Å²) in [6.45, 7) is 6.21.